The Balaban J connectivity index is 3.02. The molecule has 0 aliphatic rings. The van der Waals surface area contributed by atoms with E-state index >= 15 is 0 Å². The van der Waals surface area contributed by atoms with E-state index in [9.17, 15) is 0 Å². The van der Waals surface area contributed by atoms with Crippen LogP contribution in [0.1, 0.15) is 63.2 Å². The molecule has 92 valence electrons. The standard InChI is InChI=1S/C14H26N2/c1-9(2)7-14(15)13-8-11(5)16(10(3)4)12(13)6/h8-10,14H,7,15H2,1-6H3. The summed E-state index contributed by atoms with van der Waals surface area (Å²) >= 11 is 0. The van der Waals surface area contributed by atoms with Crippen LogP contribution in [0.15, 0.2) is 6.07 Å². The van der Waals surface area contributed by atoms with Crippen LogP contribution in [-0.4, -0.2) is 4.57 Å². The number of hydrogen-bond donors (Lipinski definition) is 1. The van der Waals surface area contributed by atoms with Crippen LogP contribution >= 0.6 is 0 Å². The molecule has 1 atom stereocenters. The number of aryl methyl sites for hydroxylation is 1. The predicted octanol–water partition coefficient (Wildman–Crippen LogP) is 3.73. The Bertz CT molecular complexity index is 348. The molecule has 0 saturated carbocycles. The zero-order chi connectivity index (χ0) is 12.5. The molecule has 16 heavy (non-hydrogen) atoms. The summed E-state index contributed by atoms with van der Waals surface area (Å²) in [6, 6.07) is 2.95. The van der Waals surface area contributed by atoms with Gasteiger partial charge in [-0.3, -0.25) is 0 Å². The van der Waals surface area contributed by atoms with Crippen molar-refractivity contribution in [3.05, 3.63) is 23.0 Å². The molecule has 1 unspecified atom stereocenters. The van der Waals surface area contributed by atoms with Crippen LogP contribution in [0.2, 0.25) is 0 Å². The van der Waals surface area contributed by atoms with Gasteiger partial charge < -0.3 is 10.3 Å². The van der Waals surface area contributed by atoms with Gasteiger partial charge in [0.25, 0.3) is 0 Å². The molecule has 1 rings (SSSR count). The first kappa shape index (κ1) is 13.3. The van der Waals surface area contributed by atoms with Crippen molar-refractivity contribution in [3.8, 4) is 0 Å². The third-order valence-corrected chi connectivity index (χ3v) is 3.16. The Morgan fingerprint density at radius 1 is 1.19 bits per heavy atom. The van der Waals surface area contributed by atoms with Gasteiger partial charge in [-0.2, -0.15) is 0 Å². The molecule has 1 aromatic rings. The minimum atomic E-state index is 0.179. The average Bonchev–Trinajstić information content (AvgIpc) is 2.40. The van der Waals surface area contributed by atoms with Crippen LogP contribution in [0.3, 0.4) is 0 Å². The summed E-state index contributed by atoms with van der Waals surface area (Å²) in [6.45, 7) is 13.2. The normalized spacial score (nSPS) is 13.8. The number of nitrogens with two attached hydrogens (primary N) is 1. The first-order valence-electron chi connectivity index (χ1n) is 6.28. The monoisotopic (exact) mass is 222 g/mol. The van der Waals surface area contributed by atoms with Crippen LogP contribution in [0.4, 0.5) is 0 Å². The molecule has 0 bridgehead atoms. The third-order valence-electron chi connectivity index (χ3n) is 3.16. The molecule has 0 aliphatic heterocycles. The van der Waals surface area contributed by atoms with E-state index in [-0.39, 0.29) is 6.04 Å². The van der Waals surface area contributed by atoms with Gasteiger partial charge in [0.1, 0.15) is 0 Å². The minimum Gasteiger partial charge on any atom is -0.346 e. The van der Waals surface area contributed by atoms with Crippen molar-refractivity contribution >= 4 is 0 Å². The fraction of sp³-hybridized carbons (Fsp3) is 0.714. The fourth-order valence-electron chi connectivity index (χ4n) is 2.61. The average molecular weight is 222 g/mol. The van der Waals surface area contributed by atoms with Gasteiger partial charge in [-0.1, -0.05) is 13.8 Å². The van der Waals surface area contributed by atoms with Gasteiger partial charge >= 0.3 is 0 Å². The lowest BCUT2D eigenvalue weighted by Crippen LogP contribution is -2.14. The molecule has 2 N–H and O–H groups in total. The van der Waals surface area contributed by atoms with Crippen LogP contribution in [-0.2, 0) is 0 Å². The van der Waals surface area contributed by atoms with E-state index in [4.69, 9.17) is 5.73 Å². The van der Waals surface area contributed by atoms with E-state index < -0.39 is 0 Å². The van der Waals surface area contributed by atoms with Crippen molar-refractivity contribution < 1.29 is 0 Å². The van der Waals surface area contributed by atoms with Gasteiger partial charge in [-0.05, 0) is 51.7 Å². The van der Waals surface area contributed by atoms with E-state index in [1.165, 1.54) is 17.0 Å². The molecule has 0 aliphatic carbocycles. The molecular weight excluding hydrogens is 196 g/mol. The SMILES string of the molecule is Cc1cc(C(N)CC(C)C)c(C)n1C(C)C. The highest BCUT2D eigenvalue weighted by atomic mass is 15.0. The topological polar surface area (TPSA) is 30.9 Å². The highest BCUT2D eigenvalue weighted by Crippen LogP contribution is 2.27. The van der Waals surface area contributed by atoms with Crippen LogP contribution < -0.4 is 5.73 Å². The zero-order valence-corrected chi connectivity index (χ0v) is 11.5. The molecular formula is C14H26N2. The number of hydrogen-bond acceptors (Lipinski definition) is 1. The maximum atomic E-state index is 6.27. The first-order valence-corrected chi connectivity index (χ1v) is 6.28. The van der Waals surface area contributed by atoms with Crippen LogP contribution in [0.5, 0.6) is 0 Å². The van der Waals surface area contributed by atoms with Gasteiger partial charge in [-0.15, -0.1) is 0 Å². The van der Waals surface area contributed by atoms with Gasteiger partial charge in [0.2, 0.25) is 0 Å². The lowest BCUT2D eigenvalue weighted by Gasteiger charge is -2.17. The third kappa shape index (κ3) is 2.67. The highest BCUT2D eigenvalue weighted by Gasteiger charge is 2.17. The highest BCUT2D eigenvalue weighted by molar-refractivity contribution is 5.30. The van der Waals surface area contributed by atoms with E-state index in [1.54, 1.807) is 0 Å². The van der Waals surface area contributed by atoms with Crippen LogP contribution in [0.25, 0.3) is 0 Å². The lowest BCUT2D eigenvalue weighted by atomic mass is 9.98. The minimum absolute atomic E-state index is 0.179. The fourth-order valence-corrected chi connectivity index (χ4v) is 2.61. The molecule has 0 saturated heterocycles. The summed E-state index contributed by atoms with van der Waals surface area (Å²) in [5.74, 6) is 0.650. The number of nitrogens with zero attached hydrogens (tertiary/aromatic N) is 1. The quantitative estimate of drug-likeness (QED) is 0.826. The summed E-state index contributed by atoms with van der Waals surface area (Å²) in [6.07, 6.45) is 1.06. The Morgan fingerprint density at radius 3 is 2.12 bits per heavy atom. The summed E-state index contributed by atoms with van der Waals surface area (Å²) in [5, 5.41) is 0. The Kier molecular flexibility index (Phi) is 4.20. The van der Waals surface area contributed by atoms with Gasteiger partial charge in [0.15, 0.2) is 0 Å². The second-order valence-corrected chi connectivity index (χ2v) is 5.53. The zero-order valence-electron chi connectivity index (χ0n) is 11.5. The van der Waals surface area contributed by atoms with Crippen molar-refractivity contribution in [3.63, 3.8) is 0 Å². The van der Waals surface area contributed by atoms with E-state index in [2.05, 4.69) is 52.2 Å². The molecule has 0 fully saturated rings. The first-order chi connectivity index (χ1) is 7.34. The van der Waals surface area contributed by atoms with Crippen molar-refractivity contribution in [2.75, 3.05) is 0 Å². The maximum absolute atomic E-state index is 6.27. The Labute approximate surface area is 99.8 Å². The Morgan fingerprint density at radius 2 is 1.75 bits per heavy atom. The largest absolute Gasteiger partial charge is 0.346 e. The summed E-state index contributed by atoms with van der Waals surface area (Å²) in [4.78, 5) is 0. The van der Waals surface area contributed by atoms with Gasteiger partial charge in [-0.25, -0.2) is 0 Å². The summed E-state index contributed by atoms with van der Waals surface area (Å²) in [7, 11) is 0. The molecule has 0 amide bonds. The van der Waals surface area contributed by atoms with E-state index in [0.29, 0.717) is 12.0 Å². The van der Waals surface area contributed by atoms with E-state index in [0.717, 1.165) is 6.42 Å². The molecule has 2 nitrogen and oxygen atoms in total. The van der Waals surface area contributed by atoms with E-state index in [1.807, 2.05) is 0 Å². The van der Waals surface area contributed by atoms with Crippen molar-refractivity contribution in [2.45, 2.75) is 60.0 Å². The predicted molar refractivity (Wildman–Crippen MR) is 70.7 cm³/mol. The van der Waals surface area contributed by atoms with Crippen LogP contribution in [0, 0.1) is 19.8 Å². The maximum Gasteiger partial charge on any atom is 0.0315 e. The molecule has 1 aromatic heterocycles. The summed E-state index contributed by atoms with van der Waals surface area (Å²) in [5.41, 5.74) is 10.2. The smallest absolute Gasteiger partial charge is 0.0315 e. The molecule has 0 radical (unpaired) electrons. The second kappa shape index (κ2) is 5.05. The molecule has 0 spiro atoms. The molecule has 0 aromatic carbocycles. The molecule has 2 heteroatoms. The second-order valence-electron chi connectivity index (χ2n) is 5.53. The number of aromatic nitrogens is 1. The lowest BCUT2D eigenvalue weighted by molar-refractivity contribution is 0.504. The number of rotatable bonds is 4. The van der Waals surface area contributed by atoms with Crippen molar-refractivity contribution in [1.29, 1.82) is 0 Å². The van der Waals surface area contributed by atoms with Crippen molar-refractivity contribution in [1.82, 2.24) is 4.57 Å². The van der Waals surface area contributed by atoms with Crippen molar-refractivity contribution in [2.24, 2.45) is 11.7 Å². The summed E-state index contributed by atoms with van der Waals surface area (Å²) < 4.78 is 2.37. The Hall–Kier alpha value is -0.760. The van der Waals surface area contributed by atoms with Gasteiger partial charge in [0, 0.05) is 23.5 Å². The molecule has 1 heterocycles. The van der Waals surface area contributed by atoms with Gasteiger partial charge in [0.05, 0.1) is 0 Å².